The molecular formula is C74H64BN3O2. The highest BCUT2D eigenvalue weighted by atomic mass is 16.3. The molecule has 0 saturated carbocycles. The highest BCUT2D eigenvalue weighted by Gasteiger charge is 2.45. The fourth-order valence-electron chi connectivity index (χ4n) is 12.3. The van der Waals surface area contributed by atoms with Gasteiger partial charge in [0.2, 0.25) is 0 Å². The van der Waals surface area contributed by atoms with Crippen LogP contribution < -0.4 is 31.1 Å². The molecule has 390 valence electrons. The quantitative estimate of drug-likeness (QED) is 0.149. The van der Waals surface area contributed by atoms with E-state index in [1.54, 1.807) is 0 Å². The van der Waals surface area contributed by atoms with Gasteiger partial charge in [-0.25, -0.2) is 0 Å². The van der Waals surface area contributed by atoms with Gasteiger partial charge in [-0.1, -0.05) is 172 Å². The predicted octanol–water partition coefficient (Wildman–Crippen LogP) is 19.1. The fraction of sp³-hybridized carbons (Fsp3) is 0.162. The number of hydrogen-bond acceptors (Lipinski definition) is 5. The average Bonchev–Trinajstić information content (AvgIpc) is 2.31. The van der Waals surface area contributed by atoms with Crippen molar-refractivity contribution in [2.45, 2.75) is 78.6 Å². The van der Waals surface area contributed by atoms with Crippen LogP contribution in [0.5, 0.6) is 0 Å². The number of furan rings is 2. The van der Waals surface area contributed by atoms with E-state index in [4.69, 9.17) is 8.83 Å². The molecule has 0 fully saturated rings. The smallest absolute Gasteiger partial charge is 0.252 e. The zero-order valence-electron chi connectivity index (χ0n) is 47.1. The molecule has 0 radical (unpaired) electrons. The van der Waals surface area contributed by atoms with Gasteiger partial charge in [-0.05, 0) is 175 Å². The molecule has 0 aliphatic carbocycles. The van der Waals surface area contributed by atoms with Crippen LogP contribution in [0, 0.1) is 0 Å². The molecule has 0 spiro atoms. The van der Waals surface area contributed by atoms with Gasteiger partial charge < -0.3 is 23.5 Å². The minimum atomic E-state index is -0.151. The van der Waals surface area contributed by atoms with E-state index >= 15 is 0 Å². The van der Waals surface area contributed by atoms with Crippen molar-refractivity contribution >= 4 is 107 Å². The van der Waals surface area contributed by atoms with E-state index in [0.717, 1.165) is 95.8 Å². The summed E-state index contributed by atoms with van der Waals surface area (Å²) in [6.45, 7) is 20.6. The molecule has 0 unspecified atom stereocenters. The first-order chi connectivity index (χ1) is 38.5. The number of rotatable bonds is 7. The second-order valence-electron chi connectivity index (χ2n) is 25.1. The van der Waals surface area contributed by atoms with E-state index in [9.17, 15) is 0 Å². The standard InChI is InChI=1S/C74H64BN3O2/c1-72(2,3)53-26-34-56(35-27-53)76(59-33-22-47-16-10-11-17-49(47)40-59)60-45-65-71-66(46-60)78(58-36-28-54(29-37-58)73(4,5)6)64-39-30-55(74(7,8)9)44-62(64)75(71)61-41-52(70-43-51-19-13-15-21-68(51)80-70)25-38-63(61)77(65)57-31-23-48(24-32-57)69-42-50-18-12-14-20-67(50)79-69/h10-46H,1-9H3. The minimum absolute atomic E-state index is 0.0152. The van der Waals surface area contributed by atoms with Crippen molar-refractivity contribution < 1.29 is 8.83 Å². The van der Waals surface area contributed by atoms with Gasteiger partial charge in [0, 0.05) is 67.4 Å². The Morgan fingerprint density at radius 3 is 1.35 bits per heavy atom. The molecule has 14 rings (SSSR count). The average molecular weight is 1040 g/mol. The molecule has 10 aromatic carbocycles. The molecule has 4 heterocycles. The van der Waals surface area contributed by atoms with E-state index in [-0.39, 0.29) is 23.0 Å². The Bertz CT molecular complexity index is 4310. The van der Waals surface area contributed by atoms with Crippen LogP contribution in [0.2, 0.25) is 0 Å². The van der Waals surface area contributed by atoms with Crippen molar-refractivity contribution in [3.05, 3.63) is 241 Å². The highest BCUT2D eigenvalue weighted by Crippen LogP contribution is 2.50. The first-order valence-electron chi connectivity index (χ1n) is 28.2. The maximum Gasteiger partial charge on any atom is 0.252 e. The molecule has 2 aliphatic heterocycles. The molecule has 80 heavy (non-hydrogen) atoms. The van der Waals surface area contributed by atoms with Gasteiger partial charge in [0.1, 0.15) is 22.7 Å². The van der Waals surface area contributed by atoms with E-state index in [0.29, 0.717) is 0 Å². The lowest BCUT2D eigenvalue weighted by atomic mass is 9.33. The zero-order chi connectivity index (χ0) is 54.8. The molecule has 0 N–H and O–H groups in total. The van der Waals surface area contributed by atoms with Crippen LogP contribution in [0.3, 0.4) is 0 Å². The molecule has 0 saturated heterocycles. The van der Waals surface area contributed by atoms with Crippen LogP contribution in [-0.2, 0) is 16.2 Å². The molecule has 6 heteroatoms. The molecule has 0 amide bonds. The maximum atomic E-state index is 6.69. The molecule has 5 nitrogen and oxygen atoms in total. The van der Waals surface area contributed by atoms with Crippen LogP contribution in [0.4, 0.5) is 51.2 Å². The normalized spacial score (nSPS) is 13.2. The van der Waals surface area contributed by atoms with Crippen LogP contribution in [0.15, 0.2) is 233 Å². The van der Waals surface area contributed by atoms with Gasteiger partial charge >= 0.3 is 0 Å². The van der Waals surface area contributed by atoms with Crippen LogP contribution >= 0.6 is 0 Å². The first-order valence-corrected chi connectivity index (χ1v) is 28.2. The molecular weight excluding hydrogens is 974 g/mol. The SMILES string of the molecule is CC(C)(C)c1ccc(N(c2cc3c4c(c2)N(c2ccc(C(C)(C)C)cc2)c2ccc(C(C)(C)C)cc2B4c2cc(-c4cc5ccccc5o4)ccc2N3c2ccc(-c3cc4ccccc4o3)cc2)c2ccc3ccccc3c2)cc1. The van der Waals surface area contributed by atoms with Crippen molar-refractivity contribution in [2.75, 3.05) is 14.7 Å². The molecule has 2 aliphatic rings. The van der Waals surface area contributed by atoms with E-state index in [1.807, 2.05) is 18.2 Å². The van der Waals surface area contributed by atoms with Gasteiger partial charge in [-0.2, -0.15) is 0 Å². The Hall–Kier alpha value is -9.00. The van der Waals surface area contributed by atoms with Crippen molar-refractivity contribution in [3.8, 4) is 22.6 Å². The lowest BCUT2D eigenvalue weighted by molar-refractivity contribution is 0.590. The summed E-state index contributed by atoms with van der Waals surface area (Å²) in [5.41, 5.74) is 21.1. The van der Waals surface area contributed by atoms with Gasteiger partial charge in [0.25, 0.3) is 6.71 Å². The molecule has 2 aromatic heterocycles. The summed E-state index contributed by atoms with van der Waals surface area (Å²) in [7, 11) is 0. The third-order valence-corrected chi connectivity index (χ3v) is 16.7. The Morgan fingerprint density at radius 2 is 0.787 bits per heavy atom. The lowest BCUT2D eigenvalue weighted by Crippen LogP contribution is -2.61. The van der Waals surface area contributed by atoms with Gasteiger partial charge in [0.15, 0.2) is 0 Å². The summed E-state index contributed by atoms with van der Waals surface area (Å²) < 4.78 is 13.2. The van der Waals surface area contributed by atoms with Gasteiger partial charge in [0.05, 0.1) is 5.69 Å². The summed E-state index contributed by atoms with van der Waals surface area (Å²) in [5, 5.41) is 4.56. The minimum Gasteiger partial charge on any atom is -0.456 e. The van der Waals surface area contributed by atoms with Gasteiger partial charge in [-0.3, -0.25) is 0 Å². The number of anilines is 9. The predicted molar refractivity (Wildman–Crippen MR) is 339 cm³/mol. The number of nitrogens with zero attached hydrogens (tertiary/aromatic N) is 3. The number of fused-ring (bicyclic) bond motifs is 7. The number of para-hydroxylation sites is 2. The van der Waals surface area contributed by atoms with E-state index < -0.39 is 0 Å². The summed E-state index contributed by atoms with van der Waals surface area (Å²) in [6, 6.07) is 83.1. The maximum absolute atomic E-state index is 6.69. The van der Waals surface area contributed by atoms with E-state index in [2.05, 4.69) is 283 Å². The Kier molecular flexibility index (Phi) is 11.3. The summed E-state index contributed by atoms with van der Waals surface area (Å²) in [5.74, 6) is 1.69. The molecule has 0 bridgehead atoms. The second kappa shape index (κ2) is 18.3. The van der Waals surface area contributed by atoms with Crippen LogP contribution in [0.25, 0.3) is 55.4 Å². The lowest BCUT2D eigenvalue weighted by Gasteiger charge is -2.45. The van der Waals surface area contributed by atoms with Crippen molar-refractivity contribution in [1.29, 1.82) is 0 Å². The van der Waals surface area contributed by atoms with Crippen molar-refractivity contribution in [2.24, 2.45) is 0 Å². The fourth-order valence-corrected chi connectivity index (χ4v) is 12.3. The Morgan fingerprint density at radius 1 is 0.338 bits per heavy atom. The summed E-state index contributed by atoms with van der Waals surface area (Å²) in [4.78, 5) is 7.53. The first kappa shape index (κ1) is 49.3. The van der Waals surface area contributed by atoms with Crippen molar-refractivity contribution in [3.63, 3.8) is 0 Å². The Balaban J connectivity index is 1.08. The molecule has 12 aromatic rings. The molecule has 0 atom stereocenters. The van der Waals surface area contributed by atoms with Gasteiger partial charge in [-0.15, -0.1) is 0 Å². The third kappa shape index (κ3) is 8.39. The second-order valence-corrected chi connectivity index (χ2v) is 25.1. The van der Waals surface area contributed by atoms with E-state index in [1.165, 1.54) is 43.9 Å². The van der Waals surface area contributed by atoms with Crippen LogP contribution in [0.1, 0.15) is 79.0 Å². The number of hydrogen-bond donors (Lipinski definition) is 0. The zero-order valence-corrected chi connectivity index (χ0v) is 47.1. The Labute approximate surface area is 470 Å². The highest BCUT2D eigenvalue weighted by molar-refractivity contribution is 7.00. The number of benzene rings is 10. The summed E-state index contributed by atoms with van der Waals surface area (Å²) >= 11 is 0. The monoisotopic (exact) mass is 1040 g/mol. The largest absolute Gasteiger partial charge is 0.456 e. The topological polar surface area (TPSA) is 36.0 Å². The summed E-state index contributed by atoms with van der Waals surface area (Å²) in [6.07, 6.45) is 0. The third-order valence-electron chi connectivity index (χ3n) is 16.7. The van der Waals surface area contributed by atoms with Crippen molar-refractivity contribution in [1.82, 2.24) is 0 Å². The van der Waals surface area contributed by atoms with Crippen LogP contribution in [-0.4, -0.2) is 6.71 Å².